The molecule has 0 aliphatic carbocycles. The van der Waals surface area contributed by atoms with Gasteiger partial charge in [-0.3, -0.25) is 10.9 Å². The molecule has 1 aliphatic rings. The molecule has 0 radical (unpaired) electrons. The summed E-state index contributed by atoms with van der Waals surface area (Å²) in [7, 11) is 0. The Kier molecular flexibility index (Phi) is 2.11. The molecule has 1 heterocycles. The molecule has 0 spiro atoms. The summed E-state index contributed by atoms with van der Waals surface area (Å²) in [4.78, 5) is 0. The molecule has 1 fully saturated rings. The standard InChI is InChI=1S/C10H14N2/c1-8-4-2-3-5-9(8)10-6-7-11-12-10/h2-5,10-12H,6-7H2,1H3. The van der Waals surface area contributed by atoms with E-state index in [4.69, 9.17) is 0 Å². The Labute approximate surface area is 73.0 Å². The summed E-state index contributed by atoms with van der Waals surface area (Å²) in [5.41, 5.74) is 9.20. The minimum absolute atomic E-state index is 0.506. The lowest BCUT2D eigenvalue weighted by Gasteiger charge is -2.12. The van der Waals surface area contributed by atoms with Gasteiger partial charge in [0.05, 0.1) is 0 Å². The van der Waals surface area contributed by atoms with Crippen molar-refractivity contribution in [3.8, 4) is 0 Å². The van der Waals surface area contributed by atoms with Crippen LogP contribution in [0.5, 0.6) is 0 Å². The van der Waals surface area contributed by atoms with Crippen molar-refractivity contribution in [1.82, 2.24) is 10.9 Å². The topological polar surface area (TPSA) is 24.1 Å². The third-order valence-corrected chi connectivity index (χ3v) is 2.40. The lowest BCUT2D eigenvalue weighted by Crippen LogP contribution is -2.24. The molecule has 12 heavy (non-hydrogen) atoms. The van der Waals surface area contributed by atoms with Gasteiger partial charge in [-0.2, -0.15) is 0 Å². The van der Waals surface area contributed by atoms with Crippen LogP contribution in [0.15, 0.2) is 24.3 Å². The van der Waals surface area contributed by atoms with Crippen LogP contribution in [-0.2, 0) is 0 Å². The van der Waals surface area contributed by atoms with Crippen molar-refractivity contribution in [3.05, 3.63) is 35.4 Å². The van der Waals surface area contributed by atoms with E-state index in [1.165, 1.54) is 17.5 Å². The van der Waals surface area contributed by atoms with Crippen molar-refractivity contribution in [2.45, 2.75) is 19.4 Å². The monoisotopic (exact) mass is 162 g/mol. The maximum Gasteiger partial charge on any atom is 0.0477 e. The summed E-state index contributed by atoms with van der Waals surface area (Å²) in [6.45, 7) is 3.23. The van der Waals surface area contributed by atoms with Gasteiger partial charge in [0.1, 0.15) is 0 Å². The van der Waals surface area contributed by atoms with Gasteiger partial charge in [-0.05, 0) is 24.5 Å². The second-order valence-electron chi connectivity index (χ2n) is 3.27. The van der Waals surface area contributed by atoms with E-state index in [0.717, 1.165) is 6.54 Å². The second kappa shape index (κ2) is 3.25. The molecule has 1 saturated heterocycles. The summed E-state index contributed by atoms with van der Waals surface area (Å²) >= 11 is 0. The van der Waals surface area contributed by atoms with Gasteiger partial charge >= 0.3 is 0 Å². The molecule has 2 heteroatoms. The van der Waals surface area contributed by atoms with E-state index in [9.17, 15) is 0 Å². The molecule has 64 valence electrons. The number of hydrazine groups is 1. The molecule has 2 nitrogen and oxygen atoms in total. The molecular formula is C10H14N2. The second-order valence-corrected chi connectivity index (χ2v) is 3.27. The lowest BCUT2D eigenvalue weighted by molar-refractivity contribution is 0.579. The van der Waals surface area contributed by atoms with E-state index >= 15 is 0 Å². The molecule has 2 N–H and O–H groups in total. The molecule has 0 aromatic heterocycles. The van der Waals surface area contributed by atoms with Gasteiger partial charge in [0.15, 0.2) is 0 Å². The molecule has 1 aliphatic heterocycles. The van der Waals surface area contributed by atoms with Crippen LogP contribution in [0, 0.1) is 6.92 Å². The smallest absolute Gasteiger partial charge is 0.0477 e. The van der Waals surface area contributed by atoms with Gasteiger partial charge in [-0.15, -0.1) is 0 Å². The van der Waals surface area contributed by atoms with Gasteiger partial charge in [0.25, 0.3) is 0 Å². The zero-order valence-electron chi connectivity index (χ0n) is 7.30. The predicted octanol–water partition coefficient (Wildman–Crippen LogP) is 1.53. The highest BCUT2D eigenvalue weighted by Gasteiger charge is 2.16. The summed E-state index contributed by atoms with van der Waals surface area (Å²) < 4.78 is 0. The van der Waals surface area contributed by atoms with E-state index in [2.05, 4.69) is 42.0 Å². The van der Waals surface area contributed by atoms with Crippen molar-refractivity contribution < 1.29 is 0 Å². The van der Waals surface area contributed by atoms with Crippen LogP contribution in [0.25, 0.3) is 0 Å². The average molecular weight is 162 g/mol. The van der Waals surface area contributed by atoms with Gasteiger partial charge < -0.3 is 0 Å². The number of rotatable bonds is 1. The largest absolute Gasteiger partial charge is 0.257 e. The fraction of sp³-hybridized carbons (Fsp3) is 0.400. The third-order valence-electron chi connectivity index (χ3n) is 2.40. The van der Waals surface area contributed by atoms with E-state index in [1.807, 2.05) is 0 Å². The van der Waals surface area contributed by atoms with Crippen molar-refractivity contribution in [2.24, 2.45) is 0 Å². The Morgan fingerprint density at radius 1 is 1.33 bits per heavy atom. The van der Waals surface area contributed by atoms with Crippen molar-refractivity contribution >= 4 is 0 Å². The zero-order chi connectivity index (χ0) is 8.39. The minimum Gasteiger partial charge on any atom is -0.257 e. The van der Waals surface area contributed by atoms with Crippen LogP contribution in [0.2, 0.25) is 0 Å². The number of aryl methyl sites for hydroxylation is 1. The zero-order valence-corrected chi connectivity index (χ0v) is 7.30. The SMILES string of the molecule is Cc1ccccc1C1CCNN1. The van der Waals surface area contributed by atoms with Gasteiger partial charge in [-0.25, -0.2) is 0 Å². The number of benzene rings is 1. The summed E-state index contributed by atoms with van der Waals surface area (Å²) in [5, 5.41) is 0. The van der Waals surface area contributed by atoms with Crippen LogP contribution >= 0.6 is 0 Å². The normalized spacial score (nSPS) is 22.9. The van der Waals surface area contributed by atoms with Crippen LogP contribution in [0.4, 0.5) is 0 Å². The van der Waals surface area contributed by atoms with E-state index in [-0.39, 0.29) is 0 Å². The molecule has 2 rings (SSSR count). The van der Waals surface area contributed by atoms with Crippen molar-refractivity contribution in [1.29, 1.82) is 0 Å². The summed E-state index contributed by atoms with van der Waals surface area (Å²) in [6, 6.07) is 9.05. The van der Waals surface area contributed by atoms with Crippen molar-refractivity contribution in [3.63, 3.8) is 0 Å². The van der Waals surface area contributed by atoms with Crippen LogP contribution < -0.4 is 10.9 Å². The quantitative estimate of drug-likeness (QED) is 0.654. The molecule has 0 saturated carbocycles. The lowest BCUT2D eigenvalue weighted by atomic mass is 10.0. The number of nitrogens with one attached hydrogen (secondary N) is 2. The van der Waals surface area contributed by atoms with Crippen LogP contribution in [0.1, 0.15) is 23.6 Å². The Hall–Kier alpha value is -0.860. The molecule has 0 amide bonds. The van der Waals surface area contributed by atoms with Crippen LogP contribution in [-0.4, -0.2) is 6.54 Å². The first-order chi connectivity index (χ1) is 5.88. The fourth-order valence-electron chi connectivity index (χ4n) is 1.70. The van der Waals surface area contributed by atoms with Gasteiger partial charge in [0, 0.05) is 12.6 Å². The number of hydrogen-bond donors (Lipinski definition) is 2. The first kappa shape index (κ1) is 7.77. The Bertz CT molecular complexity index is 264. The molecule has 0 bridgehead atoms. The fourth-order valence-corrected chi connectivity index (χ4v) is 1.70. The molecule has 1 aromatic rings. The summed E-state index contributed by atoms with van der Waals surface area (Å²) in [5.74, 6) is 0. The highest BCUT2D eigenvalue weighted by atomic mass is 15.4. The van der Waals surface area contributed by atoms with Crippen molar-refractivity contribution in [2.75, 3.05) is 6.54 Å². The first-order valence-electron chi connectivity index (χ1n) is 4.42. The Morgan fingerprint density at radius 2 is 2.17 bits per heavy atom. The maximum atomic E-state index is 3.26. The molecular weight excluding hydrogens is 148 g/mol. The van der Waals surface area contributed by atoms with E-state index in [0.29, 0.717) is 6.04 Å². The maximum absolute atomic E-state index is 3.26. The van der Waals surface area contributed by atoms with E-state index < -0.39 is 0 Å². The highest BCUT2D eigenvalue weighted by molar-refractivity contribution is 5.28. The summed E-state index contributed by atoms with van der Waals surface area (Å²) in [6.07, 6.45) is 1.19. The van der Waals surface area contributed by atoms with Gasteiger partial charge in [-0.1, -0.05) is 24.3 Å². The average Bonchev–Trinajstić information content (AvgIpc) is 2.57. The number of hydrogen-bond acceptors (Lipinski definition) is 2. The molecule has 1 aromatic carbocycles. The van der Waals surface area contributed by atoms with E-state index in [1.54, 1.807) is 0 Å². The highest BCUT2D eigenvalue weighted by Crippen LogP contribution is 2.21. The Balaban J connectivity index is 2.26. The Morgan fingerprint density at radius 3 is 2.83 bits per heavy atom. The molecule has 1 atom stereocenters. The first-order valence-corrected chi connectivity index (χ1v) is 4.42. The minimum atomic E-state index is 0.506. The predicted molar refractivity (Wildman–Crippen MR) is 49.7 cm³/mol. The third kappa shape index (κ3) is 1.36. The molecule has 1 unspecified atom stereocenters. The van der Waals surface area contributed by atoms with Crippen LogP contribution in [0.3, 0.4) is 0 Å². The van der Waals surface area contributed by atoms with Gasteiger partial charge in [0.2, 0.25) is 0 Å².